The standard InChI is InChI=1S/C17H20N2O2/c1-19-11-12(10-18)21-17-14(7-5-8-15(17)19)13-6-3-4-9-16(13)20-2/h3-9,12H,10-11,18H2,1-2H3/t12-/m0/s1. The van der Waals surface area contributed by atoms with Crippen LogP contribution in [0.2, 0.25) is 0 Å². The Kier molecular flexibility index (Phi) is 3.71. The lowest BCUT2D eigenvalue weighted by Gasteiger charge is -2.34. The van der Waals surface area contributed by atoms with Crippen LogP contribution in [-0.2, 0) is 0 Å². The Bertz CT molecular complexity index is 642. The van der Waals surface area contributed by atoms with E-state index in [9.17, 15) is 0 Å². The molecule has 21 heavy (non-hydrogen) atoms. The second-order valence-corrected chi connectivity index (χ2v) is 5.21. The van der Waals surface area contributed by atoms with Crippen LogP contribution < -0.4 is 20.1 Å². The molecule has 1 heterocycles. The maximum atomic E-state index is 6.11. The van der Waals surface area contributed by atoms with E-state index in [1.807, 2.05) is 30.3 Å². The highest BCUT2D eigenvalue weighted by Gasteiger charge is 2.25. The molecule has 0 fully saturated rings. The topological polar surface area (TPSA) is 47.7 Å². The number of anilines is 1. The fourth-order valence-electron chi connectivity index (χ4n) is 2.76. The molecule has 1 atom stereocenters. The van der Waals surface area contributed by atoms with Gasteiger partial charge in [-0.3, -0.25) is 0 Å². The van der Waals surface area contributed by atoms with Gasteiger partial charge in [0.05, 0.1) is 19.3 Å². The predicted octanol–water partition coefficient (Wildman–Crippen LogP) is 2.52. The van der Waals surface area contributed by atoms with E-state index in [0.29, 0.717) is 6.54 Å². The predicted molar refractivity (Wildman–Crippen MR) is 85.2 cm³/mol. The maximum Gasteiger partial charge on any atom is 0.151 e. The summed E-state index contributed by atoms with van der Waals surface area (Å²) in [4.78, 5) is 2.19. The molecule has 0 saturated heterocycles. The third kappa shape index (κ3) is 2.43. The molecule has 0 radical (unpaired) electrons. The molecular formula is C17H20N2O2. The largest absolute Gasteiger partial charge is 0.496 e. The Morgan fingerprint density at radius 1 is 1.19 bits per heavy atom. The summed E-state index contributed by atoms with van der Waals surface area (Å²) in [6.07, 6.45) is 0.0124. The molecule has 2 aromatic rings. The quantitative estimate of drug-likeness (QED) is 0.941. The fraction of sp³-hybridized carbons (Fsp3) is 0.294. The zero-order valence-electron chi connectivity index (χ0n) is 12.4. The number of rotatable bonds is 3. The highest BCUT2D eigenvalue weighted by atomic mass is 16.5. The highest BCUT2D eigenvalue weighted by Crippen LogP contribution is 2.43. The van der Waals surface area contributed by atoms with Crippen molar-refractivity contribution in [2.24, 2.45) is 5.73 Å². The second kappa shape index (κ2) is 5.66. The van der Waals surface area contributed by atoms with Crippen LogP contribution in [0.4, 0.5) is 5.69 Å². The molecule has 0 saturated carbocycles. The van der Waals surface area contributed by atoms with E-state index < -0.39 is 0 Å². The molecule has 4 nitrogen and oxygen atoms in total. The summed E-state index contributed by atoms with van der Waals surface area (Å²) < 4.78 is 11.6. The van der Waals surface area contributed by atoms with E-state index in [-0.39, 0.29) is 6.10 Å². The molecule has 0 bridgehead atoms. The van der Waals surface area contributed by atoms with Gasteiger partial charge in [-0.2, -0.15) is 0 Å². The monoisotopic (exact) mass is 284 g/mol. The van der Waals surface area contributed by atoms with Crippen molar-refractivity contribution < 1.29 is 9.47 Å². The number of nitrogens with zero attached hydrogens (tertiary/aromatic N) is 1. The molecule has 2 N–H and O–H groups in total. The van der Waals surface area contributed by atoms with E-state index in [4.69, 9.17) is 15.2 Å². The Morgan fingerprint density at radius 3 is 2.71 bits per heavy atom. The van der Waals surface area contributed by atoms with Crippen LogP contribution in [-0.4, -0.2) is 33.4 Å². The van der Waals surface area contributed by atoms with Crippen molar-refractivity contribution in [1.29, 1.82) is 0 Å². The summed E-state index contributed by atoms with van der Waals surface area (Å²) in [6, 6.07) is 14.1. The smallest absolute Gasteiger partial charge is 0.151 e. The minimum Gasteiger partial charge on any atom is -0.496 e. The average Bonchev–Trinajstić information content (AvgIpc) is 2.54. The SMILES string of the molecule is COc1ccccc1-c1cccc2c1O[C@@H](CN)CN2C. The van der Waals surface area contributed by atoms with Crippen LogP contribution in [0.15, 0.2) is 42.5 Å². The lowest BCUT2D eigenvalue weighted by Crippen LogP contribution is -2.42. The van der Waals surface area contributed by atoms with Gasteiger partial charge >= 0.3 is 0 Å². The first-order chi connectivity index (χ1) is 10.2. The summed E-state index contributed by atoms with van der Waals surface area (Å²) >= 11 is 0. The lowest BCUT2D eigenvalue weighted by atomic mass is 10.0. The molecule has 1 aliphatic rings. The van der Waals surface area contributed by atoms with E-state index >= 15 is 0 Å². The number of hydrogen-bond donors (Lipinski definition) is 1. The summed E-state index contributed by atoms with van der Waals surface area (Å²) in [5.74, 6) is 1.72. The molecule has 2 aromatic carbocycles. The molecule has 3 rings (SSSR count). The molecule has 0 amide bonds. The van der Waals surface area contributed by atoms with Crippen LogP contribution >= 0.6 is 0 Å². The van der Waals surface area contributed by atoms with Gasteiger partial charge in [0.1, 0.15) is 11.9 Å². The molecule has 1 aliphatic heterocycles. The zero-order chi connectivity index (χ0) is 14.8. The minimum absolute atomic E-state index is 0.0124. The lowest BCUT2D eigenvalue weighted by molar-refractivity contribution is 0.204. The van der Waals surface area contributed by atoms with Gasteiger partial charge in [-0.1, -0.05) is 30.3 Å². The van der Waals surface area contributed by atoms with Crippen molar-refractivity contribution in [3.8, 4) is 22.6 Å². The molecule has 0 aromatic heterocycles. The first kappa shape index (κ1) is 13.8. The number of hydrogen-bond acceptors (Lipinski definition) is 4. The second-order valence-electron chi connectivity index (χ2n) is 5.21. The first-order valence-corrected chi connectivity index (χ1v) is 7.09. The summed E-state index contributed by atoms with van der Waals surface area (Å²) in [5, 5.41) is 0. The average molecular weight is 284 g/mol. The molecule has 4 heteroatoms. The van der Waals surface area contributed by atoms with Crippen molar-refractivity contribution >= 4 is 5.69 Å². The van der Waals surface area contributed by atoms with Crippen LogP contribution in [0.25, 0.3) is 11.1 Å². The van der Waals surface area contributed by atoms with Crippen molar-refractivity contribution in [1.82, 2.24) is 0 Å². The van der Waals surface area contributed by atoms with Gasteiger partial charge in [-0.15, -0.1) is 0 Å². The molecule has 110 valence electrons. The molecule has 0 aliphatic carbocycles. The van der Waals surface area contributed by atoms with Crippen molar-refractivity contribution in [2.45, 2.75) is 6.10 Å². The van der Waals surface area contributed by atoms with Gasteiger partial charge in [0.15, 0.2) is 5.75 Å². The van der Waals surface area contributed by atoms with Gasteiger partial charge in [-0.05, 0) is 12.1 Å². The Labute approximate surface area is 125 Å². The summed E-state index contributed by atoms with van der Waals surface area (Å²) in [5.41, 5.74) is 8.94. The third-order valence-corrected chi connectivity index (χ3v) is 3.83. The van der Waals surface area contributed by atoms with Crippen LogP contribution in [0, 0.1) is 0 Å². The minimum atomic E-state index is 0.0124. The van der Waals surface area contributed by atoms with Gasteiger partial charge in [0.25, 0.3) is 0 Å². The summed E-state index contributed by atoms with van der Waals surface area (Å²) in [6.45, 7) is 1.31. The van der Waals surface area contributed by atoms with Gasteiger partial charge in [-0.25, -0.2) is 0 Å². The number of ether oxygens (including phenoxy) is 2. The van der Waals surface area contributed by atoms with Crippen molar-refractivity contribution in [3.05, 3.63) is 42.5 Å². The Balaban J connectivity index is 2.15. The Hall–Kier alpha value is -2.20. The number of benzene rings is 2. The van der Waals surface area contributed by atoms with E-state index in [0.717, 1.165) is 34.9 Å². The molecule has 0 unspecified atom stereocenters. The van der Waals surface area contributed by atoms with Gasteiger partial charge in [0, 0.05) is 24.7 Å². The number of likely N-dealkylation sites (N-methyl/N-ethyl adjacent to an activating group) is 1. The van der Waals surface area contributed by atoms with Crippen LogP contribution in [0.5, 0.6) is 11.5 Å². The fourth-order valence-corrected chi connectivity index (χ4v) is 2.76. The van der Waals surface area contributed by atoms with E-state index in [1.54, 1.807) is 7.11 Å². The zero-order valence-corrected chi connectivity index (χ0v) is 12.4. The Morgan fingerprint density at radius 2 is 1.95 bits per heavy atom. The van der Waals surface area contributed by atoms with Crippen molar-refractivity contribution in [3.63, 3.8) is 0 Å². The molecular weight excluding hydrogens is 264 g/mol. The van der Waals surface area contributed by atoms with Crippen molar-refractivity contribution in [2.75, 3.05) is 32.1 Å². The summed E-state index contributed by atoms with van der Waals surface area (Å²) in [7, 11) is 3.75. The van der Waals surface area contributed by atoms with E-state index in [2.05, 4.69) is 24.1 Å². The normalized spacial score (nSPS) is 17.1. The maximum absolute atomic E-state index is 6.11. The van der Waals surface area contributed by atoms with Gasteiger partial charge in [0.2, 0.25) is 0 Å². The number of fused-ring (bicyclic) bond motifs is 1. The number of para-hydroxylation sites is 2. The number of nitrogens with two attached hydrogens (primary N) is 1. The van der Waals surface area contributed by atoms with Crippen LogP contribution in [0.1, 0.15) is 0 Å². The third-order valence-electron chi connectivity index (χ3n) is 3.83. The molecule has 0 spiro atoms. The highest BCUT2D eigenvalue weighted by molar-refractivity contribution is 5.82. The van der Waals surface area contributed by atoms with E-state index in [1.165, 1.54) is 0 Å². The van der Waals surface area contributed by atoms with Crippen LogP contribution in [0.3, 0.4) is 0 Å². The van der Waals surface area contributed by atoms with Gasteiger partial charge < -0.3 is 20.1 Å². The number of methoxy groups -OCH3 is 1. The first-order valence-electron chi connectivity index (χ1n) is 7.09.